The first kappa shape index (κ1) is 34.7. The second-order valence-corrected chi connectivity index (χ2v) is 9.95. The molecule has 1 saturated heterocycles. The lowest BCUT2D eigenvalue weighted by Gasteiger charge is -2.33. The van der Waals surface area contributed by atoms with Gasteiger partial charge in [-0.3, -0.25) is 9.78 Å². The highest BCUT2D eigenvalue weighted by molar-refractivity contribution is 5.97. The van der Waals surface area contributed by atoms with Crippen molar-refractivity contribution in [3.63, 3.8) is 0 Å². The van der Waals surface area contributed by atoms with E-state index in [9.17, 15) is 31.1 Å². The Hall–Kier alpha value is -4.80. The summed E-state index contributed by atoms with van der Waals surface area (Å²) in [7, 11) is 0. The Kier molecular flexibility index (Phi) is 11.4. The van der Waals surface area contributed by atoms with E-state index in [2.05, 4.69) is 43.2 Å². The van der Waals surface area contributed by atoms with Gasteiger partial charge < -0.3 is 20.4 Å². The number of piperidine rings is 1. The molecule has 0 saturated carbocycles. The van der Waals surface area contributed by atoms with Gasteiger partial charge in [-0.15, -0.1) is 5.10 Å². The van der Waals surface area contributed by atoms with E-state index in [-0.39, 0.29) is 11.9 Å². The van der Waals surface area contributed by atoms with E-state index in [1.165, 1.54) is 0 Å². The summed E-state index contributed by atoms with van der Waals surface area (Å²) in [5.74, 6) is -5.59. The molecule has 3 heterocycles. The van der Waals surface area contributed by atoms with E-state index in [1.54, 1.807) is 6.20 Å². The van der Waals surface area contributed by atoms with Crippen LogP contribution >= 0.6 is 0 Å². The summed E-state index contributed by atoms with van der Waals surface area (Å²) in [6, 6.07) is 18.3. The highest BCUT2D eigenvalue weighted by Crippen LogP contribution is 2.25. The second-order valence-electron chi connectivity index (χ2n) is 9.95. The minimum absolute atomic E-state index is 0.0581. The number of carbonyl (C=O) groups excluding carboxylic acids is 1. The number of hydrogen-bond donors (Lipinski definition) is 3. The van der Waals surface area contributed by atoms with Gasteiger partial charge in [-0.1, -0.05) is 35.5 Å². The van der Waals surface area contributed by atoms with E-state index >= 15 is 0 Å². The summed E-state index contributed by atoms with van der Waals surface area (Å²) in [5.41, 5.74) is 3.55. The summed E-state index contributed by atoms with van der Waals surface area (Å²) in [6.07, 6.45) is -6.45. The van der Waals surface area contributed by atoms with Crippen LogP contribution in [0.3, 0.4) is 0 Å². The predicted molar refractivity (Wildman–Crippen MR) is 148 cm³/mol. The Morgan fingerprint density at radius 3 is 2.02 bits per heavy atom. The maximum absolute atomic E-state index is 12.7. The van der Waals surface area contributed by atoms with Crippen LogP contribution in [0.2, 0.25) is 0 Å². The number of carboxylic acids is 2. The second kappa shape index (κ2) is 14.8. The number of aromatic nitrogens is 4. The zero-order chi connectivity index (χ0) is 33.4. The third-order valence-corrected chi connectivity index (χ3v) is 6.53. The Bertz CT molecular complexity index is 1590. The molecule has 0 radical (unpaired) electrons. The van der Waals surface area contributed by atoms with Crippen LogP contribution in [0.1, 0.15) is 36.2 Å². The van der Waals surface area contributed by atoms with Crippen molar-refractivity contribution in [1.82, 2.24) is 30.2 Å². The molecule has 1 atom stereocenters. The van der Waals surface area contributed by atoms with Crippen molar-refractivity contribution in [3.8, 4) is 0 Å². The molecule has 3 N–H and O–H groups in total. The molecule has 2 aromatic carbocycles. The van der Waals surface area contributed by atoms with Crippen LogP contribution in [0, 0.1) is 0 Å². The van der Waals surface area contributed by atoms with Gasteiger partial charge in [-0.2, -0.15) is 26.3 Å². The standard InChI is InChI=1S/C24H26N6O.2C2HF3O2/c1-17(26-24(31)19-14-18-6-2-3-7-21(18)25-15-19)16-29-12-10-20(11-13-29)30-23-9-5-4-8-22(23)27-28-30;2*3-2(4,5)1(6)7/h2-9,14-15,17,20H,10-13,16H2,1H3,(H,26,31);2*(H,6,7)/t17-;;/m1../s1. The Morgan fingerprint density at radius 2 is 1.44 bits per heavy atom. The number of aliphatic carboxylic acids is 2. The van der Waals surface area contributed by atoms with Gasteiger partial charge in [-0.25, -0.2) is 14.3 Å². The Morgan fingerprint density at radius 1 is 0.911 bits per heavy atom. The minimum atomic E-state index is -5.08. The van der Waals surface area contributed by atoms with Crippen molar-refractivity contribution in [2.24, 2.45) is 0 Å². The summed E-state index contributed by atoms with van der Waals surface area (Å²) < 4.78 is 65.5. The van der Waals surface area contributed by atoms with Gasteiger partial charge in [0.1, 0.15) is 5.52 Å². The molecule has 1 fully saturated rings. The number of halogens is 6. The fourth-order valence-electron chi connectivity index (χ4n) is 4.44. The molecule has 11 nitrogen and oxygen atoms in total. The van der Waals surface area contributed by atoms with Crippen molar-refractivity contribution in [2.75, 3.05) is 19.6 Å². The van der Waals surface area contributed by atoms with Crippen LogP contribution in [-0.4, -0.2) is 91.0 Å². The molecule has 0 spiro atoms. The van der Waals surface area contributed by atoms with Crippen LogP contribution in [0.5, 0.6) is 0 Å². The molecule has 1 aliphatic rings. The summed E-state index contributed by atoms with van der Waals surface area (Å²) in [6.45, 7) is 4.86. The van der Waals surface area contributed by atoms with Gasteiger partial charge in [0.05, 0.1) is 22.6 Å². The number of benzene rings is 2. The maximum atomic E-state index is 12.7. The number of carboxylic acid groups (broad SMARTS) is 2. The summed E-state index contributed by atoms with van der Waals surface area (Å²) in [4.78, 5) is 37.3. The van der Waals surface area contributed by atoms with Crippen LogP contribution in [0.15, 0.2) is 60.8 Å². The fraction of sp³-hybridized carbons (Fsp3) is 0.357. The zero-order valence-electron chi connectivity index (χ0n) is 23.6. The van der Waals surface area contributed by atoms with Gasteiger partial charge in [0.2, 0.25) is 0 Å². The lowest BCUT2D eigenvalue weighted by Crippen LogP contribution is -2.45. The number of pyridine rings is 1. The third kappa shape index (κ3) is 10.1. The predicted octanol–water partition coefficient (Wildman–Crippen LogP) is 4.70. The van der Waals surface area contributed by atoms with Crippen LogP contribution in [0.25, 0.3) is 21.9 Å². The number of rotatable bonds is 5. The van der Waals surface area contributed by atoms with E-state index in [1.807, 2.05) is 48.5 Å². The first-order valence-electron chi connectivity index (χ1n) is 13.3. The molecule has 0 aliphatic carbocycles. The average molecular weight is 643 g/mol. The van der Waals surface area contributed by atoms with Gasteiger partial charge in [0, 0.05) is 37.3 Å². The number of nitrogens with zero attached hydrogens (tertiary/aromatic N) is 5. The minimum Gasteiger partial charge on any atom is -0.475 e. The summed E-state index contributed by atoms with van der Waals surface area (Å²) in [5, 5.41) is 27.0. The zero-order valence-corrected chi connectivity index (χ0v) is 23.6. The Labute approximate surface area is 251 Å². The van der Waals surface area contributed by atoms with E-state index < -0.39 is 24.3 Å². The average Bonchev–Trinajstić information content (AvgIpc) is 3.41. The number of carbonyl (C=O) groups is 3. The molecule has 17 heteroatoms. The monoisotopic (exact) mass is 642 g/mol. The number of amides is 1. The SMILES string of the molecule is C[C@H](CN1CCC(n2nnc3ccccc32)CC1)NC(=O)c1cnc2ccccc2c1.O=C(O)C(F)(F)F.O=C(O)C(F)(F)F. The van der Waals surface area contributed by atoms with E-state index in [0.717, 1.165) is 54.4 Å². The lowest BCUT2D eigenvalue weighted by molar-refractivity contribution is -0.193. The van der Waals surface area contributed by atoms with Gasteiger partial charge in [0.15, 0.2) is 0 Å². The topological polar surface area (TPSA) is 151 Å². The van der Waals surface area contributed by atoms with Crippen molar-refractivity contribution in [3.05, 3.63) is 66.4 Å². The fourth-order valence-corrected chi connectivity index (χ4v) is 4.44. The highest BCUT2D eigenvalue weighted by Gasteiger charge is 2.38. The maximum Gasteiger partial charge on any atom is 0.490 e. The van der Waals surface area contributed by atoms with Crippen LogP contribution in [-0.2, 0) is 9.59 Å². The van der Waals surface area contributed by atoms with Crippen molar-refractivity contribution >= 4 is 39.8 Å². The molecule has 5 rings (SSSR count). The molecular weight excluding hydrogens is 614 g/mol. The number of likely N-dealkylation sites (tertiary alicyclic amines) is 1. The lowest BCUT2D eigenvalue weighted by atomic mass is 10.0. The van der Waals surface area contributed by atoms with Crippen molar-refractivity contribution < 1.29 is 50.9 Å². The number of hydrogen-bond acceptors (Lipinski definition) is 7. The van der Waals surface area contributed by atoms with Crippen molar-refractivity contribution in [2.45, 2.75) is 44.2 Å². The molecule has 45 heavy (non-hydrogen) atoms. The highest BCUT2D eigenvalue weighted by atomic mass is 19.4. The number of nitrogens with one attached hydrogen (secondary N) is 1. The molecule has 0 bridgehead atoms. The molecule has 1 amide bonds. The molecule has 4 aromatic rings. The molecule has 0 unspecified atom stereocenters. The number of para-hydroxylation sites is 2. The van der Waals surface area contributed by atoms with Crippen molar-refractivity contribution in [1.29, 1.82) is 0 Å². The van der Waals surface area contributed by atoms with E-state index in [4.69, 9.17) is 19.8 Å². The normalized spacial score (nSPS) is 14.9. The number of fused-ring (bicyclic) bond motifs is 2. The van der Waals surface area contributed by atoms with Gasteiger partial charge >= 0.3 is 24.3 Å². The molecule has 1 aliphatic heterocycles. The quantitative estimate of drug-likeness (QED) is 0.263. The Balaban J connectivity index is 0.000000331. The molecule has 2 aromatic heterocycles. The van der Waals surface area contributed by atoms with Crippen LogP contribution in [0.4, 0.5) is 26.3 Å². The summed E-state index contributed by atoms with van der Waals surface area (Å²) >= 11 is 0. The third-order valence-electron chi connectivity index (χ3n) is 6.53. The first-order valence-corrected chi connectivity index (χ1v) is 13.3. The van der Waals surface area contributed by atoms with Crippen LogP contribution < -0.4 is 5.32 Å². The number of alkyl halides is 6. The van der Waals surface area contributed by atoms with E-state index in [0.29, 0.717) is 11.6 Å². The first-order chi connectivity index (χ1) is 21.1. The largest absolute Gasteiger partial charge is 0.490 e. The van der Waals surface area contributed by atoms with Gasteiger partial charge in [0.25, 0.3) is 5.91 Å². The smallest absolute Gasteiger partial charge is 0.475 e. The van der Waals surface area contributed by atoms with Gasteiger partial charge in [-0.05, 0) is 44.0 Å². The molecular formula is C28H28F6N6O5. The molecule has 242 valence electrons.